The highest BCUT2D eigenvalue weighted by molar-refractivity contribution is 7.00. The van der Waals surface area contributed by atoms with Gasteiger partial charge in [-0.15, -0.1) is 0 Å². The number of carbonyl (C=O) groups is 2. The molecule has 2 aromatic carbocycles. The summed E-state index contributed by atoms with van der Waals surface area (Å²) in [6, 6.07) is 15.8. The maximum atomic E-state index is 13.7. The Bertz CT molecular complexity index is 1090. The second-order valence-corrected chi connectivity index (χ2v) is 15.7. The summed E-state index contributed by atoms with van der Waals surface area (Å²) in [5.74, 6) is 0.121. The Morgan fingerprint density at radius 1 is 1.00 bits per heavy atom. The van der Waals surface area contributed by atoms with Gasteiger partial charge in [0.25, 0.3) is 0 Å². The number of fused-ring (bicyclic) bond motifs is 3. The average Bonchev–Trinajstić information content (AvgIpc) is 2.83. The quantitative estimate of drug-likeness (QED) is 0.411. The summed E-state index contributed by atoms with van der Waals surface area (Å²) in [7, 11) is -2.73. The van der Waals surface area contributed by atoms with Gasteiger partial charge in [0.1, 0.15) is 11.9 Å². The summed E-state index contributed by atoms with van der Waals surface area (Å²) >= 11 is 0. The molecule has 0 aliphatic carbocycles. The highest BCUT2D eigenvalue weighted by Crippen LogP contribution is 2.37. The Balaban J connectivity index is 1.63. The number of esters is 1. The minimum atomic E-state index is -2.73. The minimum Gasteiger partial charge on any atom is -0.537 e. The van der Waals surface area contributed by atoms with E-state index in [2.05, 4.69) is 4.90 Å². The largest absolute Gasteiger partial charge is 0.537 e. The van der Waals surface area contributed by atoms with Gasteiger partial charge in [-0.05, 0) is 68.1 Å². The third-order valence-corrected chi connectivity index (χ3v) is 9.59. The average molecular weight is 510 g/mol. The molecular weight excluding hydrogens is 470 g/mol. The zero-order valence-electron chi connectivity index (χ0n) is 22.1. The third kappa shape index (κ3) is 5.74. The number of aliphatic hydroxyl groups is 1. The molecule has 0 aromatic heterocycles. The predicted molar refractivity (Wildman–Crippen MR) is 142 cm³/mol. The van der Waals surface area contributed by atoms with Crippen molar-refractivity contribution in [1.29, 1.82) is 0 Å². The molecule has 36 heavy (non-hydrogen) atoms. The molecule has 3 fully saturated rings. The molecule has 2 unspecified atom stereocenters. The molecule has 3 aliphatic rings. The van der Waals surface area contributed by atoms with Crippen LogP contribution in [0.2, 0.25) is 13.1 Å². The van der Waals surface area contributed by atoms with E-state index < -0.39 is 19.9 Å². The molecule has 0 amide bonds. The summed E-state index contributed by atoms with van der Waals surface area (Å²) in [6.45, 7) is 12.7. The van der Waals surface area contributed by atoms with Crippen molar-refractivity contribution in [3.8, 4) is 5.75 Å². The first-order valence-corrected chi connectivity index (χ1v) is 15.8. The van der Waals surface area contributed by atoms with Crippen molar-refractivity contribution in [1.82, 2.24) is 4.90 Å². The summed E-state index contributed by atoms with van der Waals surface area (Å²) in [5.41, 5.74) is -1.31. The number of hydrogen-bond acceptors (Lipinski definition) is 6. The minimum absolute atomic E-state index is 0.125. The van der Waals surface area contributed by atoms with Crippen LogP contribution in [0, 0.1) is 11.3 Å². The van der Waals surface area contributed by atoms with Crippen LogP contribution in [0.3, 0.4) is 0 Å². The van der Waals surface area contributed by atoms with Gasteiger partial charge in [-0.25, -0.2) is 4.79 Å². The summed E-state index contributed by atoms with van der Waals surface area (Å²) < 4.78 is 12.3. The van der Waals surface area contributed by atoms with E-state index in [0.717, 1.165) is 25.9 Å². The van der Waals surface area contributed by atoms with Crippen molar-refractivity contribution in [3.05, 3.63) is 65.7 Å². The highest BCUT2D eigenvalue weighted by atomic mass is 28.4. The molecule has 3 saturated heterocycles. The van der Waals surface area contributed by atoms with Crippen LogP contribution in [0.15, 0.2) is 54.6 Å². The monoisotopic (exact) mass is 509 g/mol. The second-order valence-electron chi connectivity index (χ2n) is 12.0. The van der Waals surface area contributed by atoms with Crippen molar-refractivity contribution in [2.45, 2.75) is 64.8 Å². The number of ether oxygens (including phenoxy) is 1. The lowest BCUT2D eigenvalue weighted by Crippen LogP contribution is -2.53. The standard InChI is InChI=1S/C29H39NO5Si/c1-28(2,3)19-26(31)36(4,5)35-24-13-9-12-23(18-24)29(33,22-10-7-6-8-11-22)27(32)34-25-20-30-16-14-21(25)15-17-30/h6-13,18,21,25,33H,14-17,19-20H2,1-5H3. The van der Waals surface area contributed by atoms with Crippen molar-refractivity contribution >= 4 is 19.7 Å². The van der Waals surface area contributed by atoms with Crippen LogP contribution in [0.5, 0.6) is 5.75 Å². The summed E-state index contributed by atoms with van der Waals surface area (Å²) in [4.78, 5) is 29.0. The smallest absolute Gasteiger partial charge is 0.348 e. The Morgan fingerprint density at radius 3 is 2.22 bits per heavy atom. The van der Waals surface area contributed by atoms with Crippen molar-refractivity contribution in [3.63, 3.8) is 0 Å². The van der Waals surface area contributed by atoms with Gasteiger partial charge < -0.3 is 19.1 Å². The van der Waals surface area contributed by atoms with Gasteiger partial charge in [-0.2, -0.15) is 0 Å². The van der Waals surface area contributed by atoms with Crippen molar-refractivity contribution in [2.24, 2.45) is 11.3 Å². The third-order valence-electron chi connectivity index (χ3n) is 7.33. The van der Waals surface area contributed by atoms with Crippen LogP contribution in [0.25, 0.3) is 0 Å². The lowest BCUT2D eigenvalue weighted by molar-refractivity contribution is -0.177. The van der Waals surface area contributed by atoms with E-state index in [1.54, 1.807) is 48.5 Å². The molecule has 194 valence electrons. The second kappa shape index (κ2) is 10.1. The van der Waals surface area contributed by atoms with Gasteiger partial charge in [0, 0.05) is 18.5 Å². The molecule has 2 atom stereocenters. The predicted octanol–water partition coefficient (Wildman–Crippen LogP) is 4.69. The molecule has 3 aliphatic heterocycles. The van der Waals surface area contributed by atoms with Gasteiger partial charge in [0.2, 0.25) is 5.60 Å². The molecule has 6 nitrogen and oxygen atoms in total. The van der Waals surface area contributed by atoms with Crippen LogP contribution < -0.4 is 4.43 Å². The van der Waals surface area contributed by atoms with Gasteiger partial charge in [0.05, 0.1) is 0 Å². The fourth-order valence-electron chi connectivity index (χ4n) is 5.18. The van der Waals surface area contributed by atoms with Gasteiger partial charge in [0.15, 0.2) is 5.41 Å². The number of hydrogen-bond donors (Lipinski definition) is 1. The van der Waals surface area contributed by atoms with Gasteiger partial charge in [-0.3, -0.25) is 4.90 Å². The van der Waals surface area contributed by atoms with E-state index in [9.17, 15) is 14.7 Å². The van der Waals surface area contributed by atoms with Gasteiger partial charge in [-0.1, -0.05) is 63.2 Å². The van der Waals surface area contributed by atoms with E-state index in [1.165, 1.54) is 0 Å². The van der Waals surface area contributed by atoms with E-state index in [4.69, 9.17) is 9.16 Å². The highest BCUT2D eigenvalue weighted by Gasteiger charge is 2.46. The lowest BCUT2D eigenvalue weighted by atomic mass is 9.84. The Labute approximate surface area is 215 Å². The van der Waals surface area contributed by atoms with E-state index in [-0.39, 0.29) is 16.9 Å². The number of carbonyl (C=O) groups excluding carboxylic acids is 2. The molecule has 7 heteroatoms. The number of piperidine rings is 3. The van der Waals surface area contributed by atoms with E-state index in [0.29, 0.717) is 35.8 Å². The molecule has 0 spiro atoms. The topological polar surface area (TPSA) is 76.1 Å². The molecular formula is C29H39NO5Si. The molecule has 0 saturated carbocycles. The van der Waals surface area contributed by atoms with E-state index >= 15 is 0 Å². The maximum absolute atomic E-state index is 13.7. The fourth-order valence-corrected chi connectivity index (χ4v) is 6.97. The van der Waals surface area contributed by atoms with Crippen LogP contribution in [0.4, 0.5) is 0 Å². The Hall–Kier alpha value is -2.48. The Morgan fingerprint density at radius 2 is 1.64 bits per heavy atom. The fraction of sp³-hybridized carbons (Fsp3) is 0.517. The summed E-state index contributed by atoms with van der Waals surface area (Å²) in [6.07, 6.45) is 2.22. The maximum Gasteiger partial charge on any atom is 0.348 e. The first kappa shape index (κ1) is 26.6. The zero-order chi connectivity index (χ0) is 26.1. The van der Waals surface area contributed by atoms with Crippen molar-refractivity contribution in [2.75, 3.05) is 19.6 Å². The number of benzene rings is 2. The molecule has 2 bridgehead atoms. The Kier molecular flexibility index (Phi) is 7.47. The number of nitrogens with zero attached hydrogens (tertiary/aromatic N) is 1. The summed E-state index contributed by atoms with van der Waals surface area (Å²) in [5, 5.41) is 12.1. The molecule has 5 rings (SSSR count). The normalized spacial score (nSPS) is 23.6. The van der Waals surface area contributed by atoms with Crippen molar-refractivity contribution < 1.29 is 23.9 Å². The molecule has 3 heterocycles. The first-order chi connectivity index (χ1) is 16.9. The van der Waals surface area contributed by atoms with Gasteiger partial charge >= 0.3 is 14.3 Å². The molecule has 2 aromatic rings. The lowest BCUT2D eigenvalue weighted by Gasteiger charge is -2.44. The number of rotatable bonds is 8. The SMILES string of the molecule is CC(C)(C)CC(=O)[Si](C)(C)Oc1cccc(C(O)(C(=O)OC2CN3CCC2CC3)c2ccccc2)c1. The van der Waals surface area contributed by atoms with E-state index in [1.807, 2.05) is 39.9 Å². The van der Waals surface area contributed by atoms with Crippen LogP contribution in [0.1, 0.15) is 51.2 Å². The zero-order valence-corrected chi connectivity index (χ0v) is 23.1. The van der Waals surface area contributed by atoms with Crippen LogP contribution in [-0.4, -0.2) is 55.4 Å². The molecule has 1 N–H and O–H groups in total. The van der Waals surface area contributed by atoms with Crippen LogP contribution in [-0.2, 0) is 19.9 Å². The molecule has 0 radical (unpaired) electrons. The first-order valence-electron chi connectivity index (χ1n) is 12.9. The van der Waals surface area contributed by atoms with Crippen LogP contribution >= 0.6 is 0 Å².